The molecule has 3 rings (SSSR count). The lowest BCUT2D eigenvalue weighted by atomic mass is 10.0. The van der Waals surface area contributed by atoms with Gasteiger partial charge in [-0.25, -0.2) is 9.18 Å². The average molecular weight is 415 g/mol. The van der Waals surface area contributed by atoms with E-state index in [0.717, 1.165) is 38.5 Å². The van der Waals surface area contributed by atoms with Crippen molar-refractivity contribution in [1.29, 1.82) is 0 Å². The van der Waals surface area contributed by atoms with Crippen LogP contribution in [-0.2, 0) is 15.9 Å². The number of hydrogen-bond donors (Lipinski definition) is 0. The first-order valence-corrected chi connectivity index (χ1v) is 10.9. The third kappa shape index (κ3) is 6.13. The molecular formula is C25H31FO4. The summed E-state index contributed by atoms with van der Waals surface area (Å²) < 4.78 is 31.4. The Morgan fingerprint density at radius 2 is 1.73 bits per heavy atom. The van der Waals surface area contributed by atoms with Crippen molar-refractivity contribution in [3.63, 3.8) is 0 Å². The SMILES string of the molecule is CCCCc1ccc(OC(=O)c2ccc(C3OCC(CCCC)CO3)c(F)c2)cc1. The number of aryl methyl sites for hydroxylation is 1. The van der Waals surface area contributed by atoms with Crippen molar-refractivity contribution >= 4 is 5.97 Å². The summed E-state index contributed by atoms with van der Waals surface area (Å²) in [6.07, 6.45) is 5.85. The predicted molar refractivity (Wildman–Crippen MR) is 114 cm³/mol. The summed E-state index contributed by atoms with van der Waals surface area (Å²) in [6, 6.07) is 11.7. The van der Waals surface area contributed by atoms with Crippen LogP contribution in [0.3, 0.4) is 0 Å². The number of benzene rings is 2. The molecule has 1 heterocycles. The Hall–Kier alpha value is -2.24. The molecule has 0 spiro atoms. The first-order valence-electron chi connectivity index (χ1n) is 10.9. The van der Waals surface area contributed by atoms with Gasteiger partial charge >= 0.3 is 5.97 Å². The third-order valence-electron chi connectivity index (χ3n) is 5.38. The molecule has 1 fully saturated rings. The van der Waals surface area contributed by atoms with Crippen LogP contribution in [0.5, 0.6) is 5.75 Å². The lowest BCUT2D eigenvalue weighted by molar-refractivity contribution is -0.207. The zero-order chi connectivity index (χ0) is 21.3. The van der Waals surface area contributed by atoms with Gasteiger partial charge in [-0.15, -0.1) is 0 Å². The van der Waals surface area contributed by atoms with Crippen molar-refractivity contribution in [3.05, 3.63) is 65.0 Å². The van der Waals surface area contributed by atoms with Crippen molar-refractivity contribution in [3.8, 4) is 5.75 Å². The summed E-state index contributed by atoms with van der Waals surface area (Å²) >= 11 is 0. The lowest BCUT2D eigenvalue weighted by Crippen LogP contribution is -2.27. The van der Waals surface area contributed by atoms with Crippen molar-refractivity contribution in [2.45, 2.75) is 58.7 Å². The Bertz CT molecular complexity index is 810. The highest BCUT2D eigenvalue weighted by atomic mass is 19.1. The summed E-state index contributed by atoms with van der Waals surface area (Å²) in [4.78, 5) is 12.4. The van der Waals surface area contributed by atoms with Crippen LogP contribution in [0.2, 0.25) is 0 Å². The van der Waals surface area contributed by atoms with Gasteiger partial charge in [0.05, 0.1) is 18.8 Å². The van der Waals surface area contributed by atoms with E-state index in [1.807, 2.05) is 12.1 Å². The van der Waals surface area contributed by atoms with Gasteiger partial charge in [-0.3, -0.25) is 0 Å². The number of halogens is 1. The normalized spacial score (nSPS) is 18.9. The number of rotatable bonds is 9. The van der Waals surface area contributed by atoms with E-state index in [2.05, 4.69) is 13.8 Å². The maximum absolute atomic E-state index is 14.6. The van der Waals surface area contributed by atoms with Crippen molar-refractivity contribution in [2.75, 3.05) is 13.2 Å². The van der Waals surface area contributed by atoms with Gasteiger partial charge in [0, 0.05) is 11.5 Å². The molecule has 1 saturated heterocycles. The molecule has 0 unspecified atom stereocenters. The van der Waals surface area contributed by atoms with Crippen LogP contribution in [0.15, 0.2) is 42.5 Å². The lowest BCUT2D eigenvalue weighted by Gasteiger charge is -2.29. The standard InChI is InChI=1S/C25H31FO4/c1-3-5-7-18-9-12-21(13-10-18)30-24(27)20-11-14-22(23(26)15-20)25-28-16-19(17-29-25)8-6-4-2/h9-15,19,25H,3-8,16-17H2,1-2H3. The van der Waals surface area contributed by atoms with Gasteiger partial charge in [-0.2, -0.15) is 0 Å². The summed E-state index contributed by atoms with van der Waals surface area (Å²) in [5, 5.41) is 0. The maximum Gasteiger partial charge on any atom is 0.343 e. The van der Waals surface area contributed by atoms with E-state index in [1.165, 1.54) is 17.7 Å². The van der Waals surface area contributed by atoms with Gasteiger partial charge in [0.2, 0.25) is 0 Å². The van der Waals surface area contributed by atoms with Crippen LogP contribution < -0.4 is 4.74 Å². The molecule has 5 heteroatoms. The number of ether oxygens (including phenoxy) is 3. The number of carbonyl (C=O) groups is 1. The van der Waals surface area contributed by atoms with Crippen LogP contribution >= 0.6 is 0 Å². The number of carbonyl (C=O) groups excluding carboxylic acids is 1. The fraction of sp³-hybridized carbons (Fsp3) is 0.480. The zero-order valence-electron chi connectivity index (χ0n) is 17.9. The second kappa shape index (κ2) is 11.2. The highest BCUT2D eigenvalue weighted by Gasteiger charge is 2.26. The van der Waals surface area contributed by atoms with Gasteiger partial charge in [0.25, 0.3) is 0 Å². The minimum atomic E-state index is -0.733. The first-order chi connectivity index (χ1) is 14.6. The molecule has 0 N–H and O–H groups in total. The molecule has 1 aliphatic rings. The van der Waals surface area contributed by atoms with Crippen LogP contribution in [-0.4, -0.2) is 19.2 Å². The predicted octanol–water partition coefficient (Wildman–Crippen LogP) is 6.24. The van der Waals surface area contributed by atoms with Crippen LogP contribution in [0.1, 0.15) is 73.7 Å². The monoisotopic (exact) mass is 414 g/mol. The maximum atomic E-state index is 14.6. The minimum absolute atomic E-state index is 0.156. The topological polar surface area (TPSA) is 44.8 Å². The summed E-state index contributed by atoms with van der Waals surface area (Å²) in [6.45, 7) is 5.42. The summed E-state index contributed by atoms with van der Waals surface area (Å²) in [5.74, 6) is -0.322. The van der Waals surface area contributed by atoms with E-state index < -0.39 is 18.1 Å². The molecule has 2 aromatic carbocycles. The molecule has 0 atom stereocenters. The Morgan fingerprint density at radius 1 is 1.03 bits per heavy atom. The minimum Gasteiger partial charge on any atom is -0.423 e. The van der Waals surface area contributed by atoms with E-state index in [-0.39, 0.29) is 5.56 Å². The van der Waals surface area contributed by atoms with Gasteiger partial charge in [0.15, 0.2) is 6.29 Å². The fourth-order valence-electron chi connectivity index (χ4n) is 3.50. The molecule has 0 bridgehead atoms. The molecule has 1 aliphatic heterocycles. The van der Waals surface area contributed by atoms with Gasteiger partial charge in [0.1, 0.15) is 11.6 Å². The van der Waals surface area contributed by atoms with E-state index in [1.54, 1.807) is 18.2 Å². The smallest absolute Gasteiger partial charge is 0.343 e. The molecule has 4 nitrogen and oxygen atoms in total. The number of hydrogen-bond acceptors (Lipinski definition) is 4. The molecule has 0 aliphatic carbocycles. The molecule has 162 valence electrons. The van der Waals surface area contributed by atoms with Crippen LogP contribution in [0.25, 0.3) is 0 Å². The zero-order valence-corrected chi connectivity index (χ0v) is 17.9. The van der Waals surface area contributed by atoms with Crippen LogP contribution in [0, 0.1) is 11.7 Å². The van der Waals surface area contributed by atoms with Crippen molar-refractivity contribution in [2.24, 2.45) is 5.92 Å². The number of unbranched alkanes of at least 4 members (excludes halogenated alkanes) is 2. The molecule has 0 radical (unpaired) electrons. The molecular weight excluding hydrogens is 383 g/mol. The molecule has 30 heavy (non-hydrogen) atoms. The summed E-state index contributed by atoms with van der Waals surface area (Å²) in [5.41, 5.74) is 1.67. The van der Waals surface area contributed by atoms with E-state index >= 15 is 0 Å². The molecule has 0 aromatic heterocycles. The second-order valence-electron chi connectivity index (χ2n) is 7.88. The Balaban J connectivity index is 1.57. The highest BCUT2D eigenvalue weighted by molar-refractivity contribution is 5.91. The fourth-order valence-corrected chi connectivity index (χ4v) is 3.50. The Kier molecular flexibility index (Phi) is 8.40. The van der Waals surface area contributed by atoms with Gasteiger partial charge in [-0.1, -0.05) is 51.3 Å². The first kappa shape index (κ1) is 22.4. The van der Waals surface area contributed by atoms with E-state index in [9.17, 15) is 9.18 Å². The van der Waals surface area contributed by atoms with E-state index in [4.69, 9.17) is 14.2 Å². The quantitative estimate of drug-likeness (QED) is 0.360. The highest BCUT2D eigenvalue weighted by Crippen LogP contribution is 2.29. The number of esters is 1. The molecule has 0 amide bonds. The van der Waals surface area contributed by atoms with Gasteiger partial charge < -0.3 is 14.2 Å². The van der Waals surface area contributed by atoms with Gasteiger partial charge in [-0.05, 0) is 49.1 Å². The third-order valence-corrected chi connectivity index (χ3v) is 5.38. The molecule has 2 aromatic rings. The second-order valence-corrected chi connectivity index (χ2v) is 7.88. The van der Waals surface area contributed by atoms with Crippen molar-refractivity contribution in [1.82, 2.24) is 0 Å². The van der Waals surface area contributed by atoms with Crippen molar-refractivity contribution < 1.29 is 23.4 Å². The Morgan fingerprint density at radius 3 is 2.37 bits per heavy atom. The Labute approximate surface area is 178 Å². The summed E-state index contributed by atoms with van der Waals surface area (Å²) in [7, 11) is 0. The average Bonchev–Trinajstić information content (AvgIpc) is 2.77. The van der Waals surface area contributed by atoms with Crippen LogP contribution in [0.4, 0.5) is 4.39 Å². The molecule has 0 saturated carbocycles. The largest absolute Gasteiger partial charge is 0.423 e. The van der Waals surface area contributed by atoms with E-state index in [0.29, 0.717) is 30.4 Å².